The molecule has 1 aliphatic rings. The minimum atomic E-state index is -0.420. The van der Waals surface area contributed by atoms with E-state index in [4.69, 9.17) is 0 Å². The number of nitrogens with zero attached hydrogens (tertiary/aromatic N) is 1. The van der Waals surface area contributed by atoms with E-state index in [0.29, 0.717) is 22.2 Å². The van der Waals surface area contributed by atoms with Gasteiger partial charge in [0.25, 0.3) is 5.91 Å². The highest BCUT2D eigenvalue weighted by Crippen LogP contribution is 2.40. The second kappa shape index (κ2) is 5.65. The number of hydrogen-bond donors (Lipinski definition) is 1. The number of benzene rings is 1. The van der Waals surface area contributed by atoms with Crippen molar-refractivity contribution in [1.82, 2.24) is 4.98 Å². The molecule has 0 bridgehead atoms. The van der Waals surface area contributed by atoms with Crippen LogP contribution in [0, 0.1) is 0 Å². The number of esters is 1. The normalized spacial score (nSPS) is 13.8. The fourth-order valence-electron chi connectivity index (χ4n) is 1.95. The molecule has 5 nitrogen and oxygen atoms in total. The molecule has 0 saturated heterocycles. The molecule has 1 saturated carbocycles. The summed E-state index contributed by atoms with van der Waals surface area (Å²) >= 11 is 1.44. The van der Waals surface area contributed by atoms with Gasteiger partial charge in [0.2, 0.25) is 0 Å². The summed E-state index contributed by atoms with van der Waals surface area (Å²) in [6.07, 6.45) is 2.37. The molecule has 0 aliphatic heterocycles. The minimum absolute atomic E-state index is 0.233. The summed E-state index contributed by atoms with van der Waals surface area (Å²) in [5.41, 5.74) is 1.96. The van der Waals surface area contributed by atoms with Crippen molar-refractivity contribution in [3.63, 3.8) is 0 Å². The lowest BCUT2D eigenvalue weighted by Gasteiger charge is -2.03. The Hall–Kier alpha value is -2.21. The van der Waals surface area contributed by atoms with Gasteiger partial charge >= 0.3 is 5.97 Å². The minimum Gasteiger partial charge on any atom is -0.465 e. The van der Waals surface area contributed by atoms with Crippen LogP contribution in [-0.2, 0) is 4.74 Å². The molecule has 1 N–H and O–H groups in total. The van der Waals surface area contributed by atoms with E-state index in [1.54, 1.807) is 24.3 Å². The van der Waals surface area contributed by atoms with E-state index in [1.807, 2.05) is 5.38 Å². The van der Waals surface area contributed by atoms with E-state index >= 15 is 0 Å². The molecule has 0 atom stereocenters. The number of rotatable bonds is 4. The van der Waals surface area contributed by atoms with Crippen LogP contribution in [0.4, 0.5) is 5.13 Å². The lowest BCUT2D eigenvalue weighted by molar-refractivity contribution is 0.0600. The first-order valence-corrected chi connectivity index (χ1v) is 7.50. The second-order valence-electron chi connectivity index (χ2n) is 4.87. The molecule has 6 heteroatoms. The van der Waals surface area contributed by atoms with Gasteiger partial charge in [0, 0.05) is 16.9 Å². The Morgan fingerprint density at radius 1 is 1.24 bits per heavy atom. The number of anilines is 1. The van der Waals surface area contributed by atoms with E-state index in [1.165, 1.54) is 31.3 Å². The molecule has 108 valence electrons. The van der Waals surface area contributed by atoms with Gasteiger partial charge in [-0.3, -0.25) is 10.1 Å². The summed E-state index contributed by atoms with van der Waals surface area (Å²) in [4.78, 5) is 27.8. The number of ether oxygens (including phenoxy) is 1. The van der Waals surface area contributed by atoms with Gasteiger partial charge in [-0.1, -0.05) is 0 Å². The molecule has 1 aromatic carbocycles. The van der Waals surface area contributed by atoms with Gasteiger partial charge in [-0.25, -0.2) is 9.78 Å². The fourth-order valence-corrected chi connectivity index (χ4v) is 2.74. The molecule has 0 radical (unpaired) electrons. The van der Waals surface area contributed by atoms with E-state index in [2.05, 4.69) is 15.0 Å². The number of aromatic nitrogens is 1. The summed E-state index contributed by atoms with van der Waals surface area (Å²) < 4.78 is 4.62. The Labute approximate surface area is 126 Å². The maximum absolute atomic E-state index is 12.1. The molecular formula is C15H14N2O3S. The number of nitrogens with one attached hydrogen (secondary N) is 1. The zero-order valence-corrected chi connectivity index (χ0v) is 12.3. The maximum atomic E-state index is 12.1. The predicted octanol–water partition coefficient (Wildman–Crippen LogP) is 3.06. The van der Waals surface area contributed by atoms with Crippen molar-refractivity contribution >= 4 is 28.3 Å². The quantitative estimate of drug-likeness (QED) is 0.881. The standard InChI is InChI=1S/C15H14N2O3S/c1-20-14(19)11-6-4-10(5-7-11)13(18)17-15-16-12(8-21-15)9-2-3-9/h4-9H,2-3H2,1H3,(H,16,17,18). The lowest BCUT2D eigenvalue weighted by atomic mass is 10.1. The molecule has 1 aliphatic carbocycles. The van der Waals surface area contributed by atoms with Crippen molar-refractivity contribution in [2.45, 2.75) is 18.8 Å². The van der Waals surface area contributed by atoms with Crippen molar-refractivity contribution in [2.75, 3.05) is 12.4 Å². The van der Waals surface area contributed by atoms with E-state index in [9.17, 15) is 9.59 Å². The van der Waals surface area contributed by atoms with Crippen LogP contribution in [0.25, 0.3) is 0 Å². The SMILES string of the molecule is COC(=O)c1ccc(C(=O)Nc2nc(C3CC3)cs2)cc1. The Kier molecular flexibility index (Phi) is 3.70. The molecule has 0 unspecified atom stereocenters. The van der Waals surface area contributed by atoms with Crippen LogP contribution in [0.15, 0.2) is 29.6 Å². The molecule has 3 rings (SSSR count). The molecule has 2 aromatic rings. The van der Waals surface area contributed by atoms with Crippen molar-refractivity contribution in [2.24, 2.45) is 0 Å². The summed E-state index contributed by atoms with van der Waals surface area (Å²) in [5.74, 6) is -0.0784. The first kappa shape index (κ1) is 13.8. The van der Waals surface area contributed by atoms with E-state index < -0.39 is 5.97 Å². The van der Waals surface area contributed by atoms with Crippen molar-refractivity contribution in [3.05, 3.63) is 46.5 Å². The number of methoxy groups -OCH3 is 1. The van der Waals surface area contributed by atoms with Gasteiger partial charge in [0.15, 0.2) is 5.13 Å². The first-order valence-electron chi connectivity index (χ1n) is 6.62. The van der Waals surface area contributed by atoms with E-state index in [-0.39, 0.29) is 5.91 Å². The van der Waals surface area contributed by atoms with Crippen molar-refractivity contribution < 1.29 is 14.3 Å². The number of carbonyl (C=O) groups excluding carboxylic acids is 2. The van der Waals surface area contributed by atoms with Gasteiger partial charge in [0.05, 0.1) is 18.4 Å². The average molecular weight is 302 g/mol. The molecule has 0 spiro atoms. The number of thiazole rings is 1. The predicted molar refractivity (Wildman–Crippen MR) is 79.8 cm³/mol. The molecule has 1 heterocycles. The number of amides is 1. The zero-order chi connectivity index (χ0) is 14.8. The molecule has 1 fully saturated rings. The van der Waals surface area contributed by atoms with Crippen LogP contribution < -0.4 is 5.32 Å². The summed E-state index contributed by atoms with van der Waals surface area (Å²) in [7, 11) is 1.32. The Morgan fingerprint density at radius 3 is 2.52 bits per heavy atom. The smallest absolute Gasteiger partial charge is 0.337 e. The van der Waals surface area contributed by atoms with Crippen LogP contribution in [0.3, 0.4) is 0 Å². The fraction of sp³-hybridized carbons (Fsp3) is 0.267. The van der Waals surface area contributed by atoms with E-state index in [0.717, 1.165) is 5.69 Å². The van der Waals surface area contributed by atoms with Crippen LogP contribution in [0.1, 0.15) is 45.2 Å². The topological polar surface area (TPSA) is 68.3 Å². The first-order chi connectivity index (χ1) is 10.2. The lowest BCUT2D eigenvalue weighted by Crippen LogP contribution is -2.12. The largest absolute Gasteiger partial charge is 0.465 e. The molecule has 21 heavy (non-hydrogen) atoms. The highest BCUT2D eigenvalue weighted by Gasteiger charge is 2.26. The van der Waals surface area contributed by atoms with Crippen molar-refractivity contribution in [3.8, 4) is 0 Å². The van der Waals surface area contributed by atoms with Crippen LogP contribution >= 0.6 is 11.3 Å². The van der Waals surface area contributed by atoms with Crippen LogP contribution in [0.5, 0.6) is 0 Å². The molecular weight excluding hydrogens is 288 g/mol. The number of hydrogen-bond acceptors (Lipinski definition) is 5. The third-order valence-corrected chi connectivity index (χ3v) is 4.08. The van der Waals surface area contributed by atoms with Crippen LogP contribution in [-0.4, -0.2) is 24.0 Å². The summed E-state index contributed by atoms with van der Waals surface area (Å²) in [5, 5.41) is 5.38. The van der Waals surface area contributed by atoms with Crippen LogP contribution in [0.2, 0.25) is 0 Å². The Balaban J connectivity index is 1.67. The Morgan fingerprint density at radius 2 is 1.90 bits per heavy atom. The van der Waals surface area contributed by atoms with Gasteiger partial charge in [-0.15, -0.1) is 11.3 Å². The third-order valence-electron chi connectivity index (χ3n) is 3.31. The molecule has 1 aromatic heterocycles. The Bertz CT molecular complexity index is 674. The highest BCUT2D eigenvalue weighted by molar-refractivity contribution is 7.14. The second-order valence-corrected chi connectivity index (χ2v) is 5.73. The average Bonchev–Trinajstić information content (AvgIpc) is 3.27. The molecule has 1 amide bonds. The van der Waals surface area contributed by atoms with Gasteiger partial charge in [0.1, 0.15) is 0 Å². The number of carbonyl (C=O) groups is 2. The summed E-state index contributed by atoms with van der Waals surface area (Å²) in [6.45, 7) is 0. The zero-order valence-electron chi connectivity index (χ0n) is 11.5. The highest BCUT2D eigenvalue weighted by atomic mass is 32.1. The maximum Gasteiger partial charge on any atom is 0.337 e. The summed E-state index contributed by atoms with van der Waals surface area (Å²) in [6, 6.07) is 6.32. The van der Waals surface area contributed by atoms with Gasteiger partial charge in [-0.05, 0) is 37.1 Å². The van der Waals surface area contributed by atoms with Gasteiger partial charge < -0.3 is 4.74 Å². The monoisotopic (exact) mass is 302 g/mol. The third kappa shape index (κ3) is 3.11. The van der Waals surface area contributed by atoms with Gasteiger partial charge in [-0.2, -0.15) is 0 Å². The van der Waals surface area contributed by atoms with Crippen molar-refractivity contribution in [1.29, 1.82) is 0 Å².